The van der Waals surface area contributed by atoms with Gasteiger partial charge in [-0.2, -0.15) is 0 Å². The van der Waals surface area contributed by atoms with Crippen molar-refractivity contribution in [1.29, 1.82) is 0 Å². The fourth-order valence-corrected chi connectivity index (χ4v) is 3.48. The highest BCUT2D eigenvalue weighted by Gasteiger charge is 2.24. The van der Waals surface area contributed by atoms with Gasteiger partial charge in [0.1, 0.15) is 6.33 Å². The second-order valence-corrected chi connectivity index (χ2v) is 6.28. The lowest BCUT2D eigenvalue weighted by atomic mass is 9.92. The largest absolute Gasteiger partial charge is 0.381 e. The molecule has 0 bridgehead atoms. The zero-order valence-electron chi connectivity index (χ0n) is 11.3. The molecule has 1 fully saturated rings. The van der Waals surface area contributed by atoms with Gasteiger partial charge in [0, 0.05) is 28.6 Å². The van der Waals surface area contributed by atoms with Gasteiger partial charge in [-0.1, -0.05) is 15.9 Å². The summed E-state index contributed by atoms with van der Waals surface area (Å²) in [6.07, 6.45) is 3.46. The van der Waals surface area contributed by atoms with E-state index in [9.17, 15) is 4.79 Å². The predicted octanol–water partition coefficient (Wildman–Crippen LogP) is 2.83. The van der Waals surface area contributed by atoms with Gasteiger partial charge >= 0.3 is 0 Å². The number of nitrogens with one attached hydrogen (secondary N) is 1. The minimum Gasteiger partial charge on any atom is -0.381 e. The summed E-state index contributed by atoms with van der Waals surface area (Å²) in [6, 6.07) is 5.95. The van der Waals surface area contributed by atoms with Crippen LogP contribution in [-0.4, -0.2) is 27.8 Å². The molecule has 0 saturated carbocycles. The summed E-state index contributed by atoms with van der Waals surface area (Å²) < 4.78 is 8.14. The van der Waals surface area contributed by atoms with E-state index in [2.05, 4.69) is 26.0 Å². The number of hydrogen-bond donors (Lipinski definition) is 1. The Bertz CT molecular complexity index is 878. The first-order valence-electron chi connectivity index (χ1n) is 7.00. The van der Waals surface area contributed by atoms with Crippen LogP contribution in [0.15, 0.2) is 33.8 Å². The number of fused-ring (bicyclic) bond motifs is 3. The van der Waals surface area contributed by atoms with Crippen LogP contribution in [-0.2, 0) is 4.74 Å². The zero-order valence-corrected chi connectivity index (χ0v) is 12.9. The molecule has 3 aromatic rings. The maximum Gasteiger partial charge on any atom is 0.268 e. The Morgan fingerprint density at radius 1 is 1.33 bits per heavy atom. The molecule has 1 aliphatic heterocycles. The van der Waals surface area contributed by atoms with Gasteiger partial charge in [-0.25, -0.2) is 9.50 Å². The van der Waals surface area contributed by atoms with Crippen LogP contribution in [0.5, 0.6) is 0 Å². The Morgan fingerprint density at radius 3 is 2.95 bits per heavy atom. The van der Waals surface area contributed by atoms with Crippen LogP contribution in [0.4, 0.5) is 0 Å². The summed E-state index contributed by atoms with van der Waals surface area (Å²) in [7, 11) is 0. The van der Waals surface area contributed by atoms with Gasteiger partial charge in [-0.3, -0.25) is 9.89 Å². The second kappa shape index (κ2) is 4.96. The topological polar surface area (TPSA) is 59.4 Å². The summed E-state index contributed by atoms with van der Waals surface area (Å²) in [5.74, 6) is 0.247. The van der Waals surface area contributed by atoms with Crippen LogP contribution in [0.25, 0.3) is 16.4 Å². The van der Waals surface area contributed by atoms with Crippen molar-refractivity contribution in [3.05, 3.63) is 44.9 Å². The number of H-pyrrole nitrogens is 1. The summed E-state index contributed by atoms with van der Waals surface area (Å²) in [5.41, 5.74) is 2.68. The minimum atomic E-state index is -0.0174. The van der Waals surface area contributed by atoms with E-state index in [0.29, 0.717) is 13.2 Å². The molecule has 1 N–H and O–H groups in total. The Hall–Kier alpha value is -1.66. The molecule has 21 heavy (non-hydrogen) atoms. The summed E-state index contributed by atoms with van der Waals surface area (Å²) in [5, 5.41) is 3.87. The molecule has 0 amide bonds. The van der Waals surface area contributed by atoms with Gasteiger partial charge in [0.2, 0.25) is 0 Å². The Labute approximate surface area is 129 Å². The van der Waals surface area contributed by atoms with Crippen molar-refractivity contribution >= 4 is 32.3 Å². The van der Waals surface area contributed by atoms with E-state index in [1.54, 1.807) is 10.8 Å². The minimum absolute atomic E-state index is 0.0174. The van der Waals surface area contributed by atoms with E-state index < -0.39 is 0 Å². The molecule has 1 saturated heterocycles. The molecular formula is C15H14BrN3O2. The van der Waals surface area contributed by atoms with Crippen LogP contribution in [0, 0.1) is 0 Å². The van der Waals surface area contributed by atoms with Crippen LogP contribution < -0.4 is 5.56 Å². The fourth-order valence-electron chi connectivity index (χ4n) is 3.12. The summed E-state index contributed by atoms with van der Waals surface area (Å²) in [6.45, 7) is 1.43. The van der Waals surface area contributed by atoms with Crippen molar-refractivity contribution in [2.75, 3.05) is 13.2 Å². The Kier molecular flexibility index (Phi) is 3.08. The van der Waals surface area contributed by atoms with Gasteiger partial charge in [0.25, 0.3) is 5.56 Å². The maximum atomic E-state index is 12.4. The van der Waals surface area contributed by atoms with E-state index in [1.807, 2.05) is 18.2 Å². The van der Waals surface area contributed by atoms with Crippen molar-refractivity contribution in [2.24, 2.45) is 0 Å². The number of aromatic nitrogens is 3. The van der Waals surface area contributed by atoms with Gasteiger partial charge < -0.3 is 4.74 Å². The summed E-state index contributed by atoms with van der Waals surface area (Å²) in [4.78, 5) is 16.8. The van der Waals surface area contributed by atoms with Gasteiger partial charge in [-0.05, 0) is 37.0 Å². The molecule has 0 aliphatic carbocycles. The monoisotopic (exact) mass is 347 g/mol. The van der Waals surface area contributed by atoms with E-state index in [-0.39, 0.29) is 11.5 Å². The third-order valence-corrected chi connectivity index (χ3v) is 4.61. The highest BCUT2D eigenvalue weighted by Crippen LogP contribution is 2.31. The Morgan fingerprint density at radius 2 is 2.14 bits per heavy atom. The highest BCUT2D eigenvalue weighted by atomic mass is 79.9. The van der Waals surface area contributed by atoms with Crippen LogP contribution in [0.1, 0.15) is 24.3 Å². The molecule has 5 nitrogen and oxygen atoms in total. The van der Waals surface area contributed by atoms with Crippen molar-refractivity contribution in [3.63, 3.8) is 0 Å². The number of hydrogen-bond acceptors (Lipinski definition) is 3. The number of ether oxygens (including phenoxy) is 1. The molecule has 4 rings (SSSR count). The zero-order chi connectivity index (χ0) is 14.4. The number of benzene rings is 1. The third kappa shape index (κ3) is 2.10. The number of rotatable bonds is 1. The molecule has 3 heterocycles. The Balaban J connectivity index is 2.06. The second-order valence-electron chi connectivity index (χ2n) is 5.37. The van der Waals surface area contributed by atoms with Crippen molar-refractivity contribution in [3.8, 4) is 0 Å². The fraction of sp³-hybridized carbons (Fsp3) is 0.333. The lowest BCUT2D eigenvalue weighted by Gasteiger charge is -2.21. The number of aromatic amines is 1. The van der Waals surface area contributed by atoms with Crippen molar-refractivity contribution in [2.45, 2.75) is 18.8 Å². The predicted molar refractivity (Wildman–Crippen MR) is 83.8 cm³/mol. The maximum absolute atomic E-state index is 12.4. The first-order valence-corrected chi connectivity index (χ1v) is 7.79. The van der Waals surface area contributed by atoms with Crippen molar-refractivity contribution in [1.82, 2.24) is 14.6 Å². The standard InChI is InChI=1S/C15H14BrN3O2/c16-10-1-2-12-11(7-10)14-13(9-3-5-21-6-4-9)15(20)18-19(14)8-17-12/h1-2,7-9H,3-6H2,(H,18,20). The molecular weight excluding hydrogens is 334 g/mol. The molecule has 2 aromatic heterocycles. The smallest absolute Gasteiger partial charge is 0.268 e. The normalized spacial score (nSPS) is 16.8. The van der Waals surface area contributed by atoms with Gasteiger partial charge in [0.15, 0.2) is 0 Å². The molecule has 0 radical (unpaired) electrons. The van der Waals surface area contributed by atoms with Gasteiger partial charge in [-0.15, -0.1) is 0 Å². The van der Waals surface area contributed by atoms with E-state index in [0.717, 1.165) is 39.3 Å². The third-order valence-electron chi connectivity index (χ3n) is 4.12. The SMILES string of the molecule is O=c1[nH]n2cnc3ccc(Br)cc3c2c1C1CCOCC1. The average Bonchev–Trinajstić information content (AvgIpc) is 2.84. The molecule has 0 spiro atoms. The van der Waals surface area contributed by atoms with Crippen LogP contribution >= 0.6 is 15.9 Å². The first kappa shape index (κ1) is 13.0. The van der Waals surface area contributed by atoms with E-state index >= 15 is 0 Å². The lowest BCUT2D eigenvalue weighted by Crippen LogP contribution is -2.19. The molecule has 0 unspecified atom stereocenters. The molecule has 1 aromatic carbocycles. The molecule has 1 aliphatic rings. The van der Waals surface area contributed by atoms with Crippen LogP contribution in [0.3, 0.4) is 0 Å². The number of nitrogens with zero attached hydrogens (tertiary/aromatic N) is 2. The summed E-state index contributed by atoms with van der Waals surface area (Å²) >= 11 is 3.50. The first-order chi connectivity index (χ1) is 10.2. The van der Waals surface area contributed by atoms with Gasteiger partial charge in [0.05, 0.1) is 11.0 Å². The lowest BCUT2D eigenvalue weighted by molar-refractivity contribution is 0.0854. The van der Waals surface area contributed by atoms with E-state index in [1.165, 1.54) is 0 Å². The molecule has 108 valence electrons. The highest BCUT2D eigenvalue weighted by molar-refractivity contribution is 9.10. The molecule has 0 atom stereocenters. The number of halogens is 1. The average molecular weight is 348 g/mol. The van der Waals surface area contributed by atoms with Crippen molar-refractivity contribution < 1.29 is 4.74 Å². The van der Waals surface area contributed by atoms with Crippen LogP contribution in [0.2, 0.25) is 0 Å². The quantitative estimate of drug-likeness (QED) is 0.736. The molecule has 6 heteroatoms. The van der Waals surface area contributed by atoms with E-state index in [4.69, 9.17) is 4.74 Å².